The fourth-order valence-electron chi connectivity index (χ4n) is 2.81. The van der Waals surface area contributed by atoms with Crippen molar-refractivity contribution < 1.29 is 0 Å². The third kappa shape index (κ3) is 4.99. The van der Waals surface area contributed by atoms with E-state index in [2.05, 4.69) is 57.3 Å². The van der Waals surface area contributed by atoms with Gasteiger partial charge in [-0.25, -0.2) is 0 Å². The van der Waals surface area contributed by atoms with Crippen LogP contribution in [0.5, 0.6) is 0 Å². The summed E-state index contributed by atoms with van der Waals surface area (Å²) in [6.07, 6.45) is 6.27. The molecule has 1 atom stereocenters. The lowest BCUT2D eigenvalue weighted by molar-refractivity contribution is 0.346. The van der Waals surface area contributed by atoms with Crippen LogP contribution in [-0.4, -0.2) is 6.54 Å². The van der Waals surface area contributed by atoms with Crippen molar-refractivity contribution in [1.82, 2.24) is 5.32 Å². The molecular weight excluding hydrogens is 230 g/mol. The van der Waals surface area contributed by atoms with Gasteiger partial charge in [-0.1, -0.05) is 71.2 Å². The molecule has 1 N–H and O–H groups in total. The van der Waals surface area contributed by atoms with Gasteiger partial charge in [-0.15, -0.1) is 0 Å². The van der Waals surface area contributed by atoms with Crippen LogP contribution in [0.2, 0.25) is 0 Å². The average molecular weight is 261 g/mol. The minimum absolute atomic E-state index is 0.514. The summed E-state index contributed by atoms with van der Waals surface area (Å²) in [7, 11) is 0. The minimum Gasteiger partial charge on any atom is -0.310 e. The number of nitrogens with one attached hydrogen (secondary N) is 1. The Balaban J connectivity index is 2.78. The van der Waals surface area contributed by atoms with E-state index in [0.29, 0.717) is 6.04 Å². The smallest absolute Gasteiger partial charge is 0.0348 e. The Labute approximate surface area is 119 Å². The Morgan fingerprint density at radius 3 is 2.05 bits per heavy atom. The Morgan fingerprint density at radius 1 is 0.947 bits per heavy atom. The quantitative estimate of drug-likeness (QED) is 0.651. The molecule has 0 aliphatic carbocycles. The van der Waals surface area contributed by atoms with E-state index in [1.807, 2.05) is 0 Å². The van der Waals surface area contributed by atoms with Crippen LogP contribution in [0.3, 0.4) is 0 Å². The molecule has 0 aliphatic heterocycles. The van der Waals surface area contributed by atoms with Crippen molar-refractivity contribution in [3.8, 4) is 0 Å². The zero-order valence-electron chi connectivity index (χ0n) is 13.2. The maximum Gasteiger partial charge on any atom is 0.0348 e. The molecule has 0 aliphatic rings. The topological polar surface area (TPSA) is 12.0 Å². The highest BCUT2D eigenvalue weighted by molar-refractivity contribution is 5.25. The third-order valence-corrected chi connectivity index (χ3v) is 4.10. The van der Waals surface area contributed by atoms with Crippen LogP contribution < -0.4 is 5.32 Å². The highest BCUT2D eigenvalue weighted by atomic mass is 14.9. The van der Waals surface area contributed by atoms with Gasteiger partial charge in [0.25, 0.3) is 0 Å². The van der Waals surface area contributed by atoms with Crippen molar-refractivity contribution in [3.05, 3.63) is 35.4 Å². The molecule has 0 saturated heterocycles. The van der Waals surface area contributed by atoms with Crippen molar-refractivity contribution in [2.75, 3.05) is 6.54 Å². The molecule has 0 bridgehead atoms. The first-order valence-corrected chi connectivity index (χ1v) is 8.08. The summed E-state index contributed by atoms with van der Waals surface area (Å²) < 4.78 is 0. The van der Waals surface area contributed by atoms with E-state index >= 15 is 0 Å². The van der Waals surface area contributed by atoms with Crippen molar-refractivity contribution in [2.45, 2.75) is 65.8 Å². The number of hydrogen-bond acceptors (Lipinski definition) is 1. The molecule has 19 heavy (non-hydrogen) atoms. The number of aryl methyl sites for hydroxylation is 1. The molecule has 1 unspecified atom stereocenters. The van der Waals surface area contributed by atoms with Crippen LogP contribution in [0.4, 0.5) is 0 Å². The molecule has 0 fully saturated rings. The summed E-state index contributed by atoms with van der Waals surface area (Å²) in [5.74, 6) is 0.737. The van der Waals surface area contributed by atoms with E-state index < -0.39 is 0 Å². The van der Waals surface area contributed by atoms with Crippen LogP contribution in [0, 0.1) is 5.92 Å². The molecule has 0 aromatic heterocycles. The lowest BCUT2D eigenvalue weighted by Crippen LogP contribution is -2.27. The highest BCUT2D eigenvalue weighted by Crippen LogP contribution is 2.27. The van der Waals surface area contributed by atoms with Gasteiger partial charge in [0.15, 0.2) is 0 Å². The van der Waals surface area contributed by atoms with E-state index in [4.69, 9.17) is 0 Å². The van der Waals surface area contributed by atoms with E-state index in [9.17, 15) is 0 Å². The van der Waals surface area contributed by atoms with Crippen LogP contribution in [-0.2, 0) is 6.42 Å². The maximum absolute atomic E-state index is 3.66. The molecule has 1 aromatic carbocycles. The molecule has 0 spiro atoms. The number of rotatable bonds is 9. The second kappa shape index (κ2) is 9.14. The SMILES string of the molecule is CCCCc1ccc(C(NCC)C(CC)CC)cc1. The molecule has 1 nitrogen and oxygen atoms in total. The van der Waals surface area contributed by atoms with E-state index in [1.54, 1.807) is 0 Å². The molecule has 0 saturated carbocycles. The normalized spacial score (nSPS) is 12.9. The van der Waals surface area contributed by atoms with Crippen molar-refractivity contribution in [2.24, 2.45) is 5.92 Å². The second-order valence-electron chi connectivity index (χ2n) is 5.46. The van der Waals surface area contributed by atoms with E-state index in [1.165, 1.54) is 43.2 Å². The molecular formula is C18H31N. The summed E-state index contributed by atoms with van der Waals surface area (Å²) in [6, 6.07) is 9.81. The average Bonchev–Trinajstić information content (AvgIpc) is 2.46. The van der Waals surface area contributed by atoms with Crippen molar-refractivity contribution in [3.63, 3.8) is 0 Å². The van der Waals surface area contributed by atoms with Gasteiger partial charge in [0, 0.05) is 6.04 Å². The number of unbranched alkanes of at least 4 members (excludes halogenated alkanes) is 1. The Morgan fingerprint density at radius 2 is 1.58 bits per heavy atom. The highest BCUT2D eigenvalue weighted by Gasteiger charge is 2.19. The minimum atomic E-state index is 0.514. The van der Waals surface area contributed by atoms with Crippen molar-refractivity contribution >= 4 is 0 Å². The summed E-state index contributed by atoms with van der Waals surface area (Å²) >= 11 is 0. The zero-order chi connectivity index (χ0) is 14.1. The predicted octanol–water partition coefficient (Wildman–Crippen LogP) is 5.12. The summed E-state index contributed by atoms with van der Waals surface area (Å²) in [5.41, 5.74) is 2.93. The van der Waals surface area contributed by atoms with Crippen LogP contribution in [0.1, 0.15) is 70.5 Å². The predicted molar refractivity (Wildman–Crippen MR) is 85.5 cm³/mol. The molecule has 0 heterocycles. The van der Waals surface area contributed by atoms with Gasteiger partial charge in [-0.2, -0.15) is 0 Å². The van der Waals surface area contributed by atoms with Gasteiger partial charge in [0.2, 0.25) is 0 Å². The van der Waals surface area contributed by atoms with Crippen LogP contribution in [0.15, 0.2) is 24.3 Å². The zero-order valence-corrected chi connectivity index (χ0v) is 13.2. The Hall–Kier alpha value is -0.820. The standard InChI is InChI=1S/C18H31N/c1-5-9-10-15-11-13-17(14-12-15)18(19-8-4)16(6-2)7-3/h11-14,16,18-19H,5-10H2,1-4H3. The fourth-order valence-corrected chi connectivity index (χ4v) is 2.81. The lowest BCUT2D eigenvalue weighted by Gasteiger charge is -2.26. The number of hydrogen-bond donors (Lipinski definition) is 1. The molecule has 1 rings (SSSR count). The van der Waals surface area contributed by atoms with Gasteiger partial charge in [-0.3, -0.25) is 0 Å². The molecule has 1 heteroatoms. The number of benzene rings is 1. The Bertz CT molecular complexity index is 324. The van der Waals surface area contributed by atoms with Gasteiger partial charge < -0.3 is 5.32 Å². The van der Waals surface area contributed by atoms with Gasteiger partial charge >= 0.3 is 0 Å². The first kappa shape index (κ1) is 16.2. The largest absolute Gasteiger partial charge is 0.310 e. The fraction of sp³-hybridized carbons (Fsp3) is 0.667. The van der Waals surface area contributed by atoms with Gasteiger partial charge in [0.05, 0.1) is 0 Å². The van der Waals surface area contributed by atoms with Gasteiger partial charge in [0.1, 0.15) is 0 Å². The van der Waals surface area contributed by atoms with E-state index in [0.717, 1.165) is 12.5 Å². The summed E-state index contributed by atoms with van der Waals surface area (Å²) in [5, 5.41) is 3.66. The first-order valence-electron chi connectivity index (χ1n) is 8.08. The van der Waals surface area contributed by atoms with Crippen molar-refractivity contribution in [1.29, 1.82) is 0 Å². The Kier molecular flexibility index (Phi) is 7.81. The van der Waals surface area contributed by atoms with Crippen LogP contribution in [0.25, 0.3) is 0 Å². The first-order chi connectivity index (χ1) is 9.26. The maximum atomic E-state index is 3.66. The lowest BCUT2D eigenvalue weighted by atomic mass is 9.88. The second-order valence-corrected chi connectivity index (χ2v) is 5.46. The molecule has 0 amide bonds. The van der Waals surface area contributed by atoms with Crippen LogP contribution >= 0.6 is 0 Å². The molecule has 1 aromatic rings. The summed E-state index contributed by atoms with van der Waals surface area (Å²) in [4.78, 5) is 0. The summed E-state index contributed by atoms with van der Waals surface area (Å²) in [6.45, 7) is 10.1. The third-order valence-electron chi connectivity index (χ3n) is 4.10. The molecule has 108 valence electrons. The monoisotopic (exact) mass is 261 g/mol. The van der Waals surface area contributed by atoms with E-state index in [-0.39, 0.29) is 0 Å². The molecule has 0 radical (unpaired) electrons. The van der Waals surface area contributed by atoms with Gasteiger partial charge in [-0.05, 0) is 36.4 Å².